The standard InChI is InChI=1S/C20H24N4O4/c1-13(25)19(20(26)22-15-6-4-5-7-17(15)27-2)24-23-16-12-14(10-11-21)8-9-18(16)28-3/h4-9,12,25H,10-11,21H2,1-3H3,(H,22,26)/b19-13+,24-23?. The predicted molar refractivity (Wildman–Crippen MR) is 107 cm³/mol. The first-order valence-electron chi connectivity index (χ1n) is 8.63. The van der Waals surface area contributed by atoms with Gasteiger partial charge < -0.3 is 25.6 Å². The number of ether oxygens (including phenoxy) is 2. The van der Waals surface area contributed by atoms with Crippen molar-refractivity contribution in [1.29, 1.82) is 0 Å². The van der Waals surface area contributed by atoms with E-state index in [0.29, 0.717) is 35.8 Å². The monoisotopic (exact) mass is 384 g/mol. The lowest BCUT2D eigenvalue weighted by molar-refractivity contribution is -0.113. The molecule has 0 saturated heterocycles. The summed E-state index contributed by atoms with van der Waals surface area (Å²) in [5.41, 5.74) is 7.20. The van der Waals surface area contributed by atoms with E-state index in [4.69, 9.17) is 15.2 Å². The fourth-order valence-corrected chi connectivity index (χ4v) is 2.45. The van der Waals surface area contributed by atoms with Gasteiger partial charge in [0.2, 0.25) is 0 Å². The third-order valence-corrected chi connectivity index (χ3v) is 3.85. The second-order valence-electron chi connectivity index (χ2n) is 5.83. The lowest BCUT2D eigenvalue weighted by Crippen LogP contribution is -2.15. The lowest BCUT2D eigenvalue weighted by Gasteiger charge is -2.10. The summed E-state index contributed by atoms with van der Waals surface area (Å²) < 4.78 is 10.5. The summed E-state index contributed by atoms with van der Waals surface area (Å²) in [4.78, 5) is 12.6. The Morgan fingerprint density at radius 3 is 2.50 bits per heavy atom. The topological polar surface area (TPSA) is 119 Å². The van der Waals surface area contributed by atoms with Crippen LogP contribution in [0.3, 0.4) is 0 Å². The van der Waals surface area contributed by atoms with E-state index >= 15 is 0 Å². The molecular weight excluding hydrogens is 360 g/mol. The number of methoxy groups -OCH3 is 2. The van der Waals surface area contributed by atoms with Gasteiger partial charge in [0.05, 0.1) is 19.9 Å². The fourth-order valence-electron chi connectivity index (χ4n) is 2.45. The molecule has 1 amide bonds. The molecule has 0 unspecified atom stereocenters. The molecule has 0 saturated carbocycles. The van der Waals surface area contributed by atoms with Crippen molar-refractivity contribution >= 4 is 17.3 Å². The zero-order chi connectivity index (χ0) is 20.5. The minimum absolute atomic E-state index is 0.225. The van der Waals surface area contributed by atoms with Crippen molar-refractivity contribution in [2.24, 2.45) is 16.0 Å². The van der Waals surface area contributed by atoms with E-state index in [1.54, 1.807) is 36.4 Å². The second-order valence-corrected chi connectivity index (χ2v) is 5.83. The van der Waals surface area contributed by atoms with Gasteiger partial charge in [-0.1, -0.05) is 18.2 Å². The van der Waals surface area contributed by atoms with Gasteiger partial charge in [-0.2, -0.15) is 0 Å². The van der Waals surface area contributed by atoms with Gasteiger partial charge in [-0.25, -0.2) is 0 Å². The summed E-state index contributed by atoms with van der Waals surface area (Å²) in [6, 6.07) is 12.3. The van der Waals surface area contributed by atoms with E-state index in [-0.39, 0.29) is 11.5 Å². The Bertz CT molecular complexity index is 890. The summed E-state index contributed by atoms with van der Waals surface area (Å²) in [7, 11) is 3.01. The summed E-state index contributed by atoms with van der Waals surface area (Å²) >= 11 is 0. The third-order valence-electron chi connectivity index (χ3n) is 3.85. The van der Waals surface area contributed by atoms with Crippen LogP contribution in [0, 0.1) is 0 Å². The molecule has 0 aliphatic heterocycles. The van der Waals surface area contributed by atoms with Crippen LogP contribution in [0.2, 0.25) is 0 Å². The van der Waals surface area contributed by atoms with Crippen LogP contribution in [-0.2, 0) is 11.2 Å². The molecule has 4 N–H and O–H groups in total. The molecule has 0 aliphatic carbocycles. The average Bonchev–Trinajstić information content (AvgIpc) is 2.68. The number of azo groups is 1. The van der Waals surface area contributed by atoms with Crippen LogP contribution in [0.25, 0.3) is 0 Å². The highest BCUT2D eigenvalue weighted by atomic mass is 16.5. The molecule has 0 heterocycles. The van der Waals surface area contributed by atoms with E-state index in [9.17, 15) is 9.90 Å². The van der Waals surface area contributed by atoms with Crippen LogP contribution in [0.4, 0.5) is 11.4 Å². The number of carbonyl (C=O) groups excluding carboxylic acids is 1. The van der Waals surface area contributed by atoms with Gasteiger partial charge in [0.15, 0.2) is 5.70 Å². The van der Waals surface area contributed by atoms with Crippen LogP contribution in [0.1, 0.15) is 12.5 Å². The van der Waals surface area contributed by atoms with Gasteiger partial charge in [-0.05, 0) is 49.7 Å². The summed E-state index contributed by atoms with van der Waals surface area (Å²) in [6.45, 7) is 1.85. The summed E-state index contributed by atoms with van der Waals surface area (Å²) in [6.07, 6.45) is 0.669. The number of nitrogens with one attached hydrogen (secondary N) is 1. The molecule has 8 nitrogen and oxygen atoms in total. The van der Waals surface area contributed by atoms with Gasteiger partial charge in [-0.3, -0.25) is 4.79 Å². The van der Waals surface area contributed by atoms with E-state index in [2.05, 4.69) is 15.5 Å². The quantitative estimate of drug-likeness (QED) is 0.364. The normalized spacial score (nSPS) is 11.9. The molecule has 2 aromatic carbocycles. The Labute approximate surface area is 163 Å². The molecule has 2 rings (SSSR count). The average molecular weight is 384 g/mol. The van der Waals surface area contributed by atoms with Gasteiger partial charge in [-0.15, -0.1) is 10.2 Å². The Kier molecular flexibility index (Phi) is 7.53. The first kappa shape index (κ1) is 20.9. The summed E-state index contributed by atoms with van der Waals surface area (Å²) in [5, 5.41) is 20.6. The van der Waals surface area contributed by atoms with Crippen LogP contribution in [-0.4, -0.2) is 31.8 Å². The maximum Gasteiger partial charge on any atom is 0.279 e. The van der Waals surface area contributed by atoms with Crippen LogP contribution in [0.15, 0.2) is 64.1 Å². The molecule has 2 aromatic rings. The molecule has 0 aromatic heterocycles. The first-order valence-corrected chi connectivity index (χ1v) is 8.63. The van der Waals surface area contributed by atoms with E-state index < -0.39 is 5.91 Å². The largest absolute Gasteiger partial charge is 0.510 e. The van der Waals surface area contributed by atoms with Gasteiger partial charge in [0.1, 0.15) is 22.9 Å². The number of hydrogen-bond acceptors (Lipinski definition) is 7. The first-order chi connectivity index (χ1) is 13.5. The SMILES string of the molecule is COc1ccc(CCN)cc1N=N/C(C(=O)Nc1ccccc1OC)=C(\C)O. The van der Waals surface area contributed by atoms with E-state index in [1.165, 1.54) is 21.1 Å². The van der Waals surface area contributed by atoms with Gasteiger partial charge >= 0.3 is 0 Å². The number of benzene rings is 2. The number of aliphatic hydroxyl groups excluding tert-OH is 1. The van der Waals surface area contributed by atoms with Crippen LogP contribution >= 0.6 is 0 Å². The van der Waals surface area contributed by atoms with E-state index in [0.717, 1.165) is 5.56 Å². The minimum Gasteiger partial charge on any atom is -0.510 e. The van der Waals surface area contributed by atoms with Crippen molar-refractivity contribution in [2.75, 3.05) is 26.1 Å². The number of para-hydroxylation sites is 2. The Balaban J connectivity index is 2.29. The third kappa shape index (κ3) is 5.31. The number of nitrogens with zero attached hydrogens (tertiary/aromatic N) is 2. The Hall–Kier alpha value is -3.39. The number of nitrogens with two attached hydrogens (primary N) is 1. The number of anilines is 1. The second kappa shape index (κ2) is 10.1. The molecule has 8 heteroatoms. The number of hydrogen-bond donors (Lipinski definition) is 3. The maximum absolute atomic E-state index is 12.6. The zero-order valence-corrected chi connectivity index (χ0v) is 16.1. The predicted octanol–water partition coefficient (Wildman–Crippen LogP) is 3.72. The Morgan fingerprint density at radius 2 is 1.86 bits per heavy atom. The maximum atomic E-state index is 12.6. The van der Waals surface area contributed by atoms with Crippen molar-refractivity contribution in [3.05, 3.63) is 59.5 Å². The highest BCUT2D eigenvalue weighted by Crippen LogP contribution is 2.30. The number of amides is 1. The van der Waals surface area contributed by atoms with Crippen molar-refractivity contribution < 1.29 is 19.4 Å². The number of aliphatic hydroxyl groups is 1. The molecule has 28 heavy (non-hydrogen) atoms. The highest BCUT2D eigenvalue weighted by Gasteiger charge is 2.16. The smallest absolute Gasteiger partial charge is 0.279 e. The number of allylic oxidation sites excluding steroid dienone is 1. The summed E-state index contributed by atoms with van der Waals surface area (Å²) in [5.74, 6) is 0.0852. The van der Waals surface area contributed by atoms with Crippen molar-refractivity contribution in [3.8, 4) is 11.5 Å². The molecule has 0 spiro atoms. The molecule has 0 atom stereocenters. The van der Waals surface area contributed by atoms with Crippen molar-refractivity contribution in [3.63, 3.8) is 0 Å². The lowest BCUT2D eigenvalue weighted by atomic mass is 10.1. The number of rotatable bonds is 8. The Morgan fingerprint density at radius 1 is 1.14 bits per heavy atom. The minimum atomic E-state index is -0.620. The van der Waals surface area contributed by atoms with E-state index in [1.807, 2.05) is 6.07 Å². The molecule has 0 aliphatic rings. The van der Waals surface area contributed by atoms with Crippen molar-refractivity contribution in [2.45, 2.75) is 13.3 Å². The van der Waals surface area contributed by atoms with Gasteiger partial charge in [0.25, 0.3) is 5.91 Å². The number of carbonyl (C=O) groups is 1. The molecule has 0 fully saturated rings. The van der Waals surface area contributed by atoms with Gasteiger partial charge in [0, 0.05) is 0 Å². The van der Waals surface area contributed by atoms with Crippen LogP contribution < -0.4 is 20.5 Å². The fraction of sp³-hybridized carbons (Fsp3) is 0.250. The zero-order valence-electron chi connectivity index (χ0n) is 16.1. The highest BCUT2D eigenvalue weighted by molar-refractivity contribution is 6.04. The molecule has 0 radical (unpaired) electrons. The molecule has 148 valence electrons. The molecule has 0 bridgehead atoms. The van der Waals surface area contributed by atoms with Crippen molar-refractivity contribution in [1.82, 2.24) is 0 Å². The molecular formula is C20H24N4O4. The van der Waals surface area contributed by atoms with Crippen LogP contribution in [0.5, 0.6) is 11.5 Å².